The molecule has 2 aromatic carbocycles. The van der Waals surface area contributed by atoms with Crippen molar-refractivity contribution in [1.29, 1.82) is 0 Å². The van der Waals surface area contributed by atoms with E-state index in [9.17, 15) is 4.39 Å². The SMILES string of the molecule is CN(C)c1ccc(Cl)cc1NCc1cc(Br)ccc1F. The van der Waals surface area contributed by atoms with Crippen LogP contribution in [-0.4, -0.2) is 14.1 Å². The maximum absolute atomic E-state index is 13.7. The highest BCUT2D eigenvalue weighted by Gasteiger charge is 2.07. The molecule has 2 rings (SSSR count). The number of nitrogens with zero attached hydrogens (tertiary/aromatic N) is 1. The van der Waals surface area contributed by atoms with E-state index in [4.69, 9.17) is 11.6 Å². The van der Waals surface area contributed by atoms with Crippen molar-refractivity contribution in [3.63, 3.8) is 0 Å². The van der Waals surface area contributed by atoms with Gasteiger partial charge in [0.05, 0.1) is 11.4 Å². The normalized spacial score (nSPS) is 10.4. The van der Waals surface area contributed by atoms with Crippen LogP contribution >= 0.6 is 27.5 Å². The molecular weight excluding hydrogens is 343 g/mol. The van der Waals surface area contributed by atoms with Gasteiger partial charge in [0.25, 0.3) is 0 Å². The Morgan fingerprint density at radius 3 is 2.65 bits per heavy atom. The fourth-order valence-corrected chi connectivity index (χ4v) is 2.49. The Balaban J connectivity index is 2.22. The van der Waals surface area contributed by atoms with Gasteiger partial charge in [0, 0.05) is 35.7 Å². The van der Waals surface area contributed by atoms with Crippen LogP contribution < -0.4 is 10.2 Å². The minimum atomic E-state index is -0.228. The molecule has 2 nitrogen and oxygen atoms in total. The second-order valence-electron chi connectivity index (χ2n) is 4.65. The van der Waals surface area contributed by atoms with Gasteiger partial charge in [-0.15, -0.1) is 0 Å². The third-order valence-electron chi connectivity index (χ3n) is 2.92. The molecule has 0 heterocycles. The van der Waals surface area contributed by atoms with E-state index in [1.807, 2.05) is 37.2 Å². The highest BCUT2D eigenvalue weighted by atomic mass is 79.9. The van der Waals surface area contributed by atoms with Crippen molar-refractivity contribution < 1.29 is 4.39 Å². The predicted molar refractivity (Wildman–Crippen MR) is 87.2 cm³/mol. The van der Waals surface area contributed by atoms with E-state index in [1.165, 1.54) is 6.07 Å². The van der Waals surface area contributed by atoms with Crippen molar-refractivity contribution in [2.75, 3.05) is 24.3 Å². The van der Waals surface area contributed by atoms with Crippen molar-refractivity contribution in [3.8, 4) is 0 Å². The van der Waals surface area contributed by atoms with Gasteiger partial charge in [-0.05, 0) is 36.4 Å². The van der Waals surface area contributed by atoms with Crippen LogP contribution in [0.25, 0.3) is 0 Å². The van der Waals surface area contributed by atoms with Crippen molar-refractivity contribution >= 4 is 38.9 Å². The summed E-state index contributed by atoms with van der Waals surface area (Å²) < 4.78 is 14.6. The fourth-order valence-electron chi connectivity index (χ4n) is 1.91. The molecule has 0 fully saturated rings. The molecule has 0 aliphatic rings. The molecule has 0 saturated carbocycles. The van der Waals surface area contributed by atoms with E-state index < -0.39 is 0 Å². The molecule has 0 aliphatic heterocycles. The van der Waals surface area contributed by atoms with Gasteiger partial charge in [0.1, 0.15) is 5.82 Å². The first-order chi connectivity index (χ1) is 9.47. The van der Waals surface area contributed by atoms with E-state index in [0.29, 0.717) is 17.1 Å². The number of hydrogen-bond donors (Lipinski definition) is 1. The van der Waals surface area contributed by atoms with Crippen molar-refractivity contribution in [2.45, 2.75) is 6.54 Å². The Bertz CT molecular complexity index is 617. The molecule has 0 aliphatic carbocycles. The van der Waals surface area contributed by atoms with Gasteiger partial charge in [0.15, 0.2) is 0 Å². The van der Waals surface area contributed by atoms with E-state index in [-0.39, 0.29) is 5.82 Å². The minimum absolute atomic E-state index is 0.228. The van der Waals surface area contributed by atoms with Crippen molar-refractivity contribution in [2.24, 2.45) is 0 Å². The van der Waals surface area contributed by atoms with Crippen molar-refractivity contribution in [3.05, 3.63) is 57.3 Å². The van der Waals surface area contributed by atoms with Crippen molar-refractivity contribution in [1.82, 2.24) is 0 Å². The summed E-state index contributed by atoms with van der Waals surface area (Å²) in [6, 6.07) is 10.5. The number of benzene rings is 2. The molecule has 0 radical (unpaired) electrons. The average Bonchev–Trinajstić information content (AvgIpc) is 2.39. The molecule has 0 unspecified atom stereocenters. The summed E-state index contributed by atoms with van der Waals surface area (Å²) in [5, 5.41) is 3.88. The van der Waals surface area contributed by atoms with Gasteiger partial charge in [-0.25, -0.2) is 4.39 Å². The molecule has 106 valence electrons. The maximum Gasteiger partial charge on any atom is 0.128 e. The first kappa shape index (κ1) is 15.1. The van der Waals surface area contributed by atoms with Crippen LogP contribution in [0, 0.1) is 5.82 Å². The number of halogens is 3. The smallest absolute Gasteiger partial charge is 0.128 e. The molecule has 5 heteroatoms. The molecule has 0 saturated heterocycles. The number of rotatable bonds is 4. The Labute approximate surface area is 131 Å². The fraction of sp³-hybridized carbons (Fsp3) is 0.200. The molecule has 0 spiro atoms. The lowest BCUT2D eigenvalue weighted by Gasteiger charge is -2.19. The van der Waals surface area contributed by atoms with Crippen LogP contribution in [0.5, 0.6) is 0 Å². The lowest BCUT2D eigenvalue weighted by atomic mass is 10.2. The number of anilines is 2. The Morgan fingerprint density at radius 1 is 1.20 bits per heavy atom. The molecule has 0 atom stereocenters. The van der Waals surface area contributed by atoms with Gasteiger partial charge in [-0.2, -0.15) is 0 Å². The summed E-state index contributed by atoms with van der Waals surface area (Å²) in [7, 11) is 3.90. The monoisotopic (exact) mass is 356 g/mol. The third-order valence-corrected chi connectivity index (χ3v) is 3.65. The quantitative estimate of drug-likeness (QED) is 0.835. The van der Waals surface area contributed by atoms with E-state index in [1.54, 1.807) is 12.1 Å². The topological polar surface area (TPSA) is 15.3 Å². The summed E-state index contributed by atoms with van der Waals surface area (Å²) in [5.74, 6) is -0.228. The van der Waals surface area contributed by atoms with E-state index >= 15 is 0 Å². The maximum atomic E-state index is 13.7. The molecule has 20 heavy (non-hydrogen) atoms. The number of nitrogens with one attached hydrogen (secondary N) is 1. The summed E-state index contributed by atoms with van der Waals surface area (Å²) in [6.45, 7) is 0.395. The van der Waals surface area contributed by atoms with Crippen LogP contribution in [0.3, 0.4) is 0 Å². The molecule has 0 aromatic heterocycles. The summed E-state index contributed by atoms with van der Waals surface area (Å²) in [5.41, 5.74) is 2.48. The molecule has 1 N–H and O–H groups in total. The van der Waals surface area contributed by atoms with E-state index in [2.05, 4.69) is 21.2 Å². The molecule has 2 aromatic rings. The standard InChI is InChI=1S/C15H15BrClFN2/c1-20(2)15-6-4-12(17)8-14(15)19-9-10-7-11(16)3-5-13(10)18/h3-8,19H,9H2,1-2H3. The van der Waals surface area contributed by atoms with Crippen LogP contribution in [0.1, 0.15) is 5.56 Å². The first-order valence-corrected chi connectivity index (χ1v) is 7.29. The summed E-state index contributed by atoms with van der Waals surface area (Å²) in [4.78, 5) is 1.98. The second-order valence-corrected chi connectivity index (χ2v) is 6.00. The Hall–Kier alpha value is -1.26. The van der Waals surface area contributed by atoms with Gasteiger partial charge < -0.3 is 10.2 Å². The zero-order chi connectivity index (χ0) is 14.7. The molecule has 0 bridgehead atoms. The Morgan fingerprint density at radius 2 is 1.95 bits per heavy atom. The van der Waals surface area contributed by atoms with Crippen LogP contribution in [0.4, 0.5) is 15.8 Å². The van der Waals surface area contributed by atoms with E-state index in [0.717, 1.165) is 15.8 Å². The number of hydrogen-bond acceptors (Lipinski definition) is 2. The zero-order valence-corrected chi connectivity index (χ0v) is 13.6. The minimum Gasteiger partial charge on any atom is -0.379 e. The van der Waals surface area contributed by atoms with Crippen LogP contribution in [0.2, 0.25) is 5.02 Å². The Kier molecular flexibility index (Phi) is 4.89. The lowest BCUT2D eigenvalue weighted by molar-refractivity contribution is 0.612. The highest BCUT2D eigenvalue weighted by Crippen LogP contribution is 2.28. The lowest BCUT2D eigenvalue weighted by Crippen LogP contribution is -2.12. The summed E-state index contributed by atoms with van der Waals surface area (Å²) in [6.07, 6.45) is 0. The largest absolute Gasteiger partial charge is 0.379 e. The van der Waals surface area contributed by atoms with Gasteiger partial charge in [-0.1, -0.05) is 27.5 Å². The third kappa shape index (κ3) is 3.64. The first-order valence-electron chi connectivity index (χ1n) is 6.12. The average molecular weight is 358 g/mol. The predicted octanol–water partition coefficient (Wildman–Crippen LogP) is 4.92. The zero-order valence-electron chi connectivity index (χ0n) is 11.3. The van der Waals surface area contributed by atoms with Crippen LogP contribution in [-0.2, 0) is 6.54 Å². The second kappa shape index (κ2) is 6.46. The molecule has 0 amide bonds. The van der Waals surface area contributed by atoms with Gasteiger partial charge in [-0.3, -0.25) is 0 Å². The van der Waals surface area contributed by atoms with Gasteiger partial charge in [0.2, 0.25) is 0 Å². The highest BCUT2D eigenvalue weighted by molar-refractivity contribution is 9.10. The van der Waals surface area contributed by atoms with Crippen LogP contribution in [0.15, 0.2) is 40.9 Å². The molecular formula is C15H15BrClFN2. The van der Waals surface area contributed by atoms with Gasteiger partial charge >= 0.3 is 0 Å². The summed E-state index contributed by atoms with van der Waals surface area (Å²) >= 11 is 9.37.